The highest BCUT2D eigenvalue weighted by Gasteiger charge is 2.22. The fourth-order valence-electron chi connectivity index (χ4n) is 0.994. The number of carboxylic acids is 1. The molecule has 0 heterocycles. The maximum atomic E-state index is 11.2. The second-order valence-corrected chi connectivity index (χ2v) is 3.54. The van der Waals surface area contributed by atoms with E-state index in [0.717, 1.165) is 0 Å². The molecule has 0 aromatic rings. The first-order valence-electron chi connectivity index (χ1n) is 4.87. The Morgan fingerprint density at radius 1 is 1.47 bits per heavy atom. The van der Waals surface area contributed by atoms with E-state index < -0.39 is 18.0 Å². The average Bonchev–Trinajstić information content (AvgIpc) is 2.13. The van der Waals surface area contributed by atoms with Crippen LogP contribution in [0, 0.1) is 5.92 Å². The third-order valence-corrected chi connectivity index (χ3v) is 1.85. The summed E-state index contributed by atoms with van der Waals surface area (Å²) in [5, 5.41) is 13.7. The molecule has 3 N–H and O–H groups in total. The van der Waals surface area contributed by atoms with Crippen LogP contribution in [0.3, 0.4) is 0 Å². The first-order valence-corrected chi connectivity index (χ1v) is 4.87. The van der Waals surface area contributed by atoms with Crippen molar-refractivity contribution < 1.29 is 14.7 Å². The first-order chi connectivity index (χ1) is 6.99. The van der Waals surface area contributed by atoms with Crippen LogP contribution in [0.15, 0.2) is 12.7 Å². The average molecular weight is 214 g/mol. The summed E-state index contributed by atoms with van der Waals surface area (Å²) in [5.74, 6) is -1.17. The van der Waals surface area contributed by atoms with Gasteiger partial charge in [-0.2, -0.15) is 0 Å². The Kier molecular flexibility index (Phi) is 6.17. The molecule has 0 bridgehead atoms. The molecule has 5 nitrogen and oxygen atoms in total. The van der Waals surface area contributed by atoms with Crippen molar-refractivity contribution in [2.75, 3.05) is 6.54 Å². The quantitative estimate of drug-likeness (QED) is 0.455. The molecule has 1 atom stereocenters. The molecular weight excluding hydrogens is 196 g/mol. The summed E-state index contributed by atoms with van der Waals surface area (Å²) in [5.41, 5.74) is 0. The molecule has 5 heteroatoms. The summed E-state index contributed by atoms with van der Waals surface area (Å²) in [4.78, 5) is 22.0. The number of aliphatic carboxylic acids is 1. The molecule has 0 saturated carbocycles. The summed E-state index contributed by atoms with van der Waals surface area (Å²) in [6.07, 6.45) is 2.34. The molecule has 0 aromatic heterocycles. The van der Waals surface area contributed by atoms with Crippen LogP contribution in [-0.4, -0.2) is 29.7 Å². The Labute approximate surface area is 89.6 Å². The van der Waals surface area contributed by atoms with Gasteiger partial charge in [-0.15, -0.1) is 6.58 Å². The van der Waals surface area contributed by atoms with Crippen molar-refractivity contribution in [2.24, 2.45) is 5.92 Å². The molecule has 0 aliphatic rings. The largest absolute Gasteiger partial charge is 0.480 e. The van der Waals surface area contributed by atoms with Crippen LogP contribution < -0.4 is 10.6 Å². The van der Waals surface area contributed by atoms with E-state index in [0.29, 0.717) is 13.0 Å². The van der Waals surface area contributed by atoms with Crippen molar-refractivity contribution in [2.45, 2.75) is 26.3 Å². The standard InChI is InChI=1S/C10H18N2O3/c1-4-5-6-11-10(15)12-8(7(2)3)9(13)14/h4,7-8H,1,5-6H2,2-3H3,(H,13,14)(H2,11,12,15). The van der Waals surface area contributed by atoms with Gasteiger partial charge in [0.15, 0.2) is 0 Å². The van der Waals surface area contributed by atoms with Gasteiger partial charge in [-0.1, -0.05) is 19.9 Å². The summed E-state index contributed by atoms with van der Waals surface area (Å²) in [7, 11) is 0. The van der Waals surface area contributed by atoms with Gasteiger partial charge in [0.2, 0.25) is 0 Å². The van der Waals surface area contributed by atoms with E-state index in [1.807, 2.05) is 0 Å². The maximum absolute atomic E-state index is 11.2. The minimum Gasteiger partial charge on any atom is -0.480 e. The maximum Gasteiger partial charge on any atom is 0.326 e. The van der Waals surface area contributed by atoms with Crippen molar-refractivity contribution in [3.8, 4) is 0 Å². The molecule has 1 unspecified atom stereocenters. The minimum absolute atomic E-state index is 0.146. The van der Waals surface area contributed by atoms with Gasteiger partial charge in [-0.3, -0.25) is 0 Å². The molecule has 0 radical (unpaired) electrons. The fraction of sp³-hybridized carbons (Fsp3) is 0.600. The second-order valence-electron chi connectivity index (χ2n) is 3.54. The summed E-state index contributed by atoms with van der Waals surface area (Å²) >= 11 is 0. The Hall–Kier alpha value is -1.52. The fourth-order valence-corrected chi connectivity index (χ4v) is 0.994. The zero-order valence-corrected chi connectivity index (χ0v) is 9.12. The number of rotatable bonds is 6. The molecule has 0 aliphatic heterocycles. The van der Waals surface area contributed by atoms with Gasteiger partial charge in [0.05, 0.1) is 0 Å². The number of amides is 2. The predicted octanol–water partition coefficient (Wildman–Crippen LogP) is 0.971. The van der Waals surface area contributed by atoms with Gasteiger partial charge in [0.1, 0.15) is 6.04 Å². The number of hydrogen-bond acceptors (Lipinski definition) is 2. The van der Waals surface area contributed by atoms with Gasteiger partial charge in [0.25, 0.3) is 0 Å². The van der Waals surface area contributed by atoms with E-state index >= 15 is 0 Å². The third-order valence-electron chi connectivity index (χ3n) is 1.85. The molecule has 2 amide bonds. The number of carbonyl (C=O) groups is 2. The van der Waals surface area contributed by atoms with E-state index in [-0.39, 0.29) is 5.92 Å². The molecule has 0 rings (SSSR count). The van der Waals surface area contributed by atoms with Crippen molar-refractivity contribution in [3.63, 3.8) is 0 Å². The zero-order valence-electron chi connectivity index (χ0n) is 9.12. The topological polar surface area (TPSA) is 78.4 Å². The van der Waals surface area contributed by atoms with Crippen molar-refractivity contribution in [1.82, 2.24) is 10.6 Å². The highest BCUT2D eigenvalue weighted by atomic mass is 16.4. The Morgan fingerprint density at radius 2 is 2.07 bits per heavy atom. The molecule has 15 heavy (non-hydrogen) atoms. The van der Waals surface area contributed by atoms with Crippen LogP contribution >= 0.6 is 0 Å². The normalized spacial score (nSPS) is 11.9. The van der Waals surface area contributed by atoms with Gasteiger partial charge >= 0.3 is 12.0 Å². The molecule has 86 valence electrons. The van der Waals surface area contributed by atoms with E-state index in [4.69, 9.17) is 5.11 Å². The molecule has 0 aromatic carbocycles. The minimum atomic E-state index is -1.02. The van der Waals surface area contributed by atoms with Crippen molar-refractivity contribution >= 4 is 12.0 Å². The van der Waals surface area contributed by atoms with Crippen LogP contribution in [0.1, 0.15) is 20.3 Å². The summed E-state index contributed by atoms with van der Waals surface area (Å²) in [6, 6.07) is -1.31. The van der Waals surface area contributed by atoms with Gasteiger partial charge in [-0.25, -0.2) is 9.59 Å². The number of carbonyl (C=O) groups excluding carboxylic acids is 1. The van der Waals surface area contributed by atoms with Crippen molar-refractivity contribution in [3.05, 3.63) is 12.7 Å². The Bertz CT molecular complexity index is 239. The molecule has 0 fully saturated rings. The van der Waals surface area contributed by atoms with E-state index in [2.05, 4.69) is 17.2 Å². The number of nitrogens with one attached hydrogen (secondary N) is 2. The van der Waals surface area contributed by atoms with Gasteiger partial charge in [-0.05, 0) is 12.3 Å². The zero-order chi connectivity index (χ0) is 11.8. The van der Waals surface area contributed by atoms with Crippen LogP contribution in [0.2, 0.25) is 0 Å². The van der Waals surface area contributed by atoms with E-state index in [1.165, 1.54) is 0 Å². The lowest BCUT2D eigenvalue weighted by molar-refractivity contribution is -0.140. The molecule has 0 saturated heterocycles. The van der Waals surface area contributed by atoms with E-state index in [9.17, 15) is 9.59 Å². The van der Waals surface area contributed by atoms with Gasteiger partial charge in [0, 0.05) is 6.54 Å². The van der Waals surface area contributed by atoms with Crippen molar-refractivity contribution in [1.29, 1.82) is 0 Å². The molecule has 0 aliphatic carbocycles. The predicted molar refractivity (Wildman–Crippen MR) is 57.6 cm³/mol. The lowest BCUT2D eigenvalue weighted by Gasteiger charge is -2.17. The summed E-state index contributed by atoms with van der Waals surface area (Å²) in [6.45, 7) is 7.44. The Morgan fingerprint density at radius 3 is 2.47 bits per heavy atom. The lowest BCUT2D eigenvalue weighted by atomic mass is 10.1. The lowest BCUT2D eigenvalue weighted by Crippen LogP contribution is -2.48. The number of hydrogen-bond donors (Lipinski definition) is 3. The summed E-state index contributed by atoms with van der Waals surface area (Å²) < 4.78 is 0. The SMILES string of the molecule is C=CCCNC(=O)NC(C(=O)O)C(C)C. The smallest absolute Gasteiger partial charge is 0.326 e. The monoisotopic (exact) mass is 214 g/mol. The second kappa shape index (κ2) is 6.86. The van der Waals surface area contributed by atoms with Crippen LogP contribution in [-0.2, 0) is 4.79 Å². The first kappa shape index (κ1) is 13.5. The van der Waals surface area contributed by atoms with E-state index in [1.54, 1.807) is 19.9 Å². The third kappa shape index (κ3) is 5.72. The number of carboxylic acid groups (broad SMARTS) is 1. The van der Waals surface area contributed by atoms with Gasteiger partial charge < -0.3 is 15.7 Å². The Balaban J connectivity index is 4.00. The van der Waals surface area contributed by atoms with Crippen LogP contribution in [0.4, 0.5) is 4.79 Å². The molecular formula is C10H18N2O3. The van der Waals surface area contributed by atoms with Crippen LogP contribution in [0.25, 0.3) is 0 Å². The highest BCUT2D eigenvalue weighted by molar-refractivity contribution is 5.82. The molecule has 0 spiro atoms. The number of urea groups is 1. The van der Waals surface area contributed by atoms with Crippen LogP contribution in [0.5, 0.6) is 0 Å². The highest BCUT2D eigenvalue weighted by Crippen LogP contribution is 2.00.